The number of hydrogen-bond donors (Lipinski definition) is 1. The maximum atomic E-state index is 11.9. The molecule has 0 saturated carbocycles. The molecule has 5 nitrogen and oxygen atoms in total. The van der Waals surface area contributed by atoms with Gasteiger partial charge in [0, 0.05) is 25.9 Å². The molecule has 0 spiro atoms. The molecule has 0 bridgehead atoms. The lowest BCUT2D eigenvalue weighted by Crippen LogP contribution is -2.25. The molecule has 0 aliphatic carbocycles. The van der Waals surface area contributed by atoms with Crippen LogP contribution >= 0.6 is 0 Å². The summed E-state index contributed by atoms with van der Waals surface area (Å²) in [7, 11) is 1.60. The Kier molecular flexibility index (Phi) is 3.96. The summed E-state index contributed by atoms with van der Waals surface area (Å²) in [6.07, 6.45) is 1.49. The summed E-state index contributed by atoms with van der Waals surface area (Å²) >= 11 is 0. The minimum Gasteiger partial charge on any atom is -0.348 e. The molecular formula is C15H13N3O2. The van der Waals surface area contributed by atoms with E-state index < -0.39 is 0 Å². The Morgan fingerprint density at radius 2 is 2.15 bits per heavy atom. The lowest BCUT2D eigenvalue weighted by molar-refractivity contribution is 0.0950. The largest absolute Gasteiger partial charge is 0.348 e. The van der Waals surface area contributed by atoms with Crippen molar-refractivity contribution < 1.29 is 4.79 Å². The smallest absolute Gasteiger partial charge is 0.253 e. The molecule has 5 heteroatoms. The minimum atomic E-state index is -0.256. The van der Waals surface area contributed by atoms with Crippen molar-refractivity contribution in [1.82, 2.24) is 9.88 Å². The van der Waals surface area contributed by atoms with Crippen LogP contribution in [0.3, 0.4) is 0 Å². The summed E-state index contributed by atoms with van der Waals surface area (Å²) in [6.45, 7) is 7.28. The molecule has 0 aliphatic heterocycles. The van der Waals surface area contributed by atoms with E-state index in [1.165, 1.54) is 22.9 Å². The van der Waals surface area contributed by atoms with Crippen molar-refractivity contribution in [2.45, 2.75) is 6.54 Å². The van der Waals surface area contributed by atoms with E-state index in [-0.39, 0.29) is 11.5 Å². The van der Waals surface area contributed by atoms with E-state index in [1.54, 1.807) is 25.2 Å². The fourth-order valence-corrected chi connectivity index (χ4v) is 1.75. The Morgan fingerprint density at radius 3 is 2.85 bits per heavy atom. The van der Waals surface area contributed by atoms with Crippen LogP contribution in [-0.2, 0) is 13.6 Å². The van der Waals surface area contributed by atoms with Gasteiger partial charge in [0.25, 0.3) is 5.91 Å². The second kappa shape index (κ2) is 5.85. The molecule has 2 aromatic rings. The van der Waals surface area contributed by atoms with Crippen LogP contribution in [0.4, 0.5) is 5.69 Å². The van der Waals surface area contributed by atoms with Crippen molar-refractivity contribution in [3.63, 3.8) is 0 Å². The van der Waals surface area contributed by atoms with Gasteiger partial charge in [0.05, 0.1) is 12.1 Å². The van der Waals surface area contributed by atoms with Gasteiger partial charge in [-0.3, -0.25) is 9.59 Å². The number of nitrogens with zero attached hydrogens (tertiary/aromatic N) is 2. The molecule has 0 saturated heterocycles. The van der Waals surface area contributed by atoms with Crippen molar-refractivity contribution in [2.24, 2.45) is 7.05 Å². The van der Waals surface area contributed by atoms with Crippen molar-refractivity contribution in [1.29, 1.82) is 0 Å². The molecule has 1 aromatic heterocycles. The molecule has 20 heavy (non-hydrogen) atoms. The second-order valence-corrected chi connectivity index (χ2v) is 4.33. The van der Waals surface area contributed by atoms with Gasteiger partial charge in [-0.15, -0.1) is 0 Å². The fourth-order valence-electron chi connectivity index (χ4n) is 1.75. The Morgan fingerprint density at radius 1 is 1.35 bits per heavy atom. The molecular weight excluding hydrogens is 254 g/mol. The van der Waals surface area contributed by atoms with Crippen LogP contribution in [0.2, 0.25) is 0 Å². The zero-order valence-corrected chi connectivity index (χ0v) is 11.0. The summed E-state index contributed by atoms with van der Waals surface area (Å²) in [5.41, 5.74) is 1.66. The number of amides is 1. The van der Waals surface area contributed by atoms with Gasteiger partial charge in [0.2, 0.25) is 5.56 Å². The van der Waals surface area contributed by atoms with Gasteiger partial charge in [0.1, 0.15) is 0 Å². The Bertz CT molecular complexity index is 741. The summed E-state index contributed by atoms with van der Waals surface area (Å²) in [5, 5.41) is 2.76. The van der Waals surface area contributed by atoms with Crippen LogP contribution in [0, 0.1) is 6.57 Å². The third kappa shape index (κ3) is 3.12. The van der Waals surface area contributed by atoms with Crippen LogP contribution in [-0.4, -0.2) is 10.5 Å². The molecule has 1 amide bonds. The topological polar surface area (TPSA) is 55.5 Å². The van der Waals surface area contributed by atoms with Crippen molar-refractivity contribution in [2.75, 3.05) is 0 Å². The number of nitrogens with one attached hydrogen (secondary N) is 1. The number of carbonyl (C=O) groups excluding carboxylic acids is 1. The van der Waals surface area contributed by atoms with Crippen LogP contribution in [0.25, 0.3) is 4.85 Å². The highest BCUT2D eigenvalue weighted by Gasteiger charge is 2.06. The zero-order valence-electron chi connectivity index (χ0n) is 11.0. The van der Waals surface area contributed by atoms with Crippen molar-refractivity contribution in [3.8, 4) is 0 Å². The van der Waals surface area contributed by atoms with E-state index in [4.69, 9.17) is 6.57 Å². The van der Waals surface area contributed by atoms with Gasteiger partial charge >= 0.3 is 0 Å². The molecule has 0 atom stereocenters. The van der Waals surface area contributed by atoms with Crippen LogP contribution in [0.15, 0.2) is 47.4 Å². The molecule has 0 radical (unpaired) electrons. The van der Waals surface area contributed by atoms with E-state index in [9.17, 15) is 9.59 Å². The maximum Gasteiger partial charge on any atom is 0.253 e. The number of carbonyl (C=O) groups is 1. The summed E-state index contributed by atoms with van der Waals surface area (Å²) in [4.78, 5) is 26.5. The number of hydrogen-bond acceptors (Lipinski definition) is 2. The second-order valence-electron chi connectivity index (χ2n) is 4.33. The normalized spacial score (nSPS) is 9.80. The van der Waals surface area contributed by atoms with Crippen molar-refractivity contribution >= 4 is 11.6 Å². The summed E-state index contributed by atoms with van der Waals surface area (Å²) in [6, 6.07) is 9.91. The van der Waals surface area contributed by atoms with E-state index >= 15 is 0 Å². The van der Waals surface area contributed by atoms with Gasteiger partial charge in [-0.25, -0.2) is 4.85 Å². The molecule has 0 aliphatic rings. The van der Waals surface area contributed by atoms with Gasteiger partial charge in [0.15, 0.2) is 5.69 Å². The third-order valence-corrected chi connectivity index (χ3v) is 2.84. The molecule has 0 fully saturated rings. The average Bonchev–Trinajstić information content (AvgIpc) is 2.47. The molecule has 100 valence electrons. The van der Waals surface area contributed by atoms with Crippen LogP contribution < -0.4 is 10.9 Å². The Hall–Kier alpha value is -2.87. The quantitative estimate of drug-likeness (QED) is 0.863. The molecule has 1 aromatic carbocycles. The van der Waals surface area contributed by atoms with Crippen molar-refractivity contribution in [3.05, 3.63) is 75.5 Å². The number of rotatable bonds is 3. The minimum absolute atomic E-state index is 0.161. The first-order valence-corrected chi connectivity index (χ1v) is 6.01. The van der Waals surface area contributed by atoms with E-state index in [2.05, 4.69) is 10.2 Å². The van der Waals surface area contributed by atoms with Gasteiger partial charge in [-0.05, 0) is 11.6 Å². The first-order valence-electron chi connectivity index (χ1n) is 6.01. The van der Waals surface area contributed by atoms with E-state index in [0.717, 1.165) is 5.56 Å². The monoisotopic (exact) mass is 267 g/mol. The van der Waals surface area contributed by atoms with E-state index in [0.29, 0.717) is 17.8 Å². The molecule has 2 rings (SSSR count). The van der Waals surface area contributed by atoms with Crippen LogP contribution in [0.1, 0.15) is 15.9 Å². The van der Waals surface area contributed by atoms with Crippen LogP contribution in [0.5, 0.6) is 0 Å². The van der Waals surface area contributed by atoms with Gasteiger partial charge < -0.3 is 9.88 Å². The first kappa shape index (κ1) is 13.6. The zero-order chi connectivity index (χ0) is 14.5. The maximum absolute atomic E-state index is 11.9. The number of benzene rings is 1. The number of aromatic nitrogens is 1. The van der Waals surface area contributed by atoms with E-state index in [1.807, 2.05) is 6.07 Å². The fraction of sp³-hybridized carbons (Fsp3) is 0.133. The molecule has 0 unspecified atom stereocenters. The summed E-state index contributed by atoms with van der Waals surface area (Å²) < 4.78 is 1.36. The average molecular weight is 267 g/mol. The summed E-state index contributed by atoms with van der Waals surface area (Å²) in [5.74, 6) is -0.256. The number of pyridine rings is 1. The third-order valence-electron chi connectivity index (χ3n) is 2.84. The van der Waals surface area contributed by atoms with Gasteiger partial charge in [-0.1, -0.05) is 24.3 Å². The Labute approximate surface area is 116 Å². The lowest BCUT2D eigenvalue weighted by atomic mass is 10.2. The highest BCUT2D eigenvalue weighted by molar-refractivity contribution is 5.93. The predicted molar refractivity (Wildman–Crippen MR) is 75.6 cm³/mol. The lowest BCUT2D eigenvalue weighted by Gasteiger charge is -2.06. The Balaban J connectivity index is 2.06. The first-order chi connectivity index (χ1) is 9.60. The highest BCUT2D eigenvalue weighted by Crippen LogP contribution is 2.13. The highest BCUT2D eigenvalue weighted by atomic mass is 16.1. The number of aryl methyl sites for hydroxylation is 1. The molecule has 1 heterocycles. The standard InChI is InChI=1S/C15H13N3O2/c1-16-13-5-3-4-11(8-13)9-17-15(20)12-6-7-14(19)18(2)10-12/h3-8,10H,9H2,2H3,(H,17,20). The van der Waals surface area contributed by atoms with Gasteiger partial charge in [-0.2, -0.15) is 0 Å². The molecule has 1 N–H and O–H groups in total. The SMILES string of the molecule is [C-]#[N+]c1cccc(CNC(=O)c2ccc(=O)n(C)c2)c1. The predicted octanol–water partition coefficient (Wildman–Crippen LogP) is 1.87.